The van der Waals surface area contributed by atoms with Crippen LogP contribution < -0.4 is 10.1 Å². The zero-order valence-corrected chi connectivity index (χ0v) is 9.85. The number of carbonyl (C=O) groups is 1. The summed E-state index contributed by atoms with van der Waals surface area (Å²) in [7, 11) is 0. The van der Waals surface area contributed by atoms with Crippen LogP contribution in [0.25, 0.3) is 0 Å². The maximum absolute atomic E-state index is 11.1. The molecule has 0 aromatic heterocycles. The fourth-order valence-corrected chi connectivity index (χ4v) is 1.80. The van der Waals surface area contributed by atoms with Crippen molar-refractivity contribution in [3.05, 3.63) is 23.8 Å². The van der Waals surface area contributed by atoms with E-state index in [1.54, 1.807) is 18.2 Å². The van der Waals surface area contributed by atoms with E-state index < -0.39 is 12.2 Å². The van der Waals surface area contributed by atoms with Gasteiger partial charge in [-0.2, -0.15) is 12.6 Å². The van der Waals surface area contributed by atoms with Gasteiger partial charge < -0.3 is 20.3 Å². The van der Waals surface area contributed by atoms with Crippen LogP contribution in [0.4, 0.5) is 5.69 Å². The van der Waals surface area contributed by atoms with Crippen molar-refractivity contribution in [2.24, 2.45) is 0 Å². The second-order valence-electron chi connectivity index (χ2n) is 3.79. The van der Waals surface area contributed by atoms with Crippen LogP contribution in [0.3, 0.4) is 0 Å². The zero-order chi connectivity index (χ0) is 12.4. The molecule has 0 spiro atoms. The highest BCUT2D eigenvalue weighted by molar-refractivity contribution is 7.80. The lowest BCUT2D eigenvalue weighted by molar-refractivity contribution is -0.118. The Bertz CT molecular complexity index is 437. The van der Waals surface area contributed by atoms with Crippen LogP contribution in [-0.2, 0) is 4.79 Å². The van der Waals surface area contributed by atoms with Crippen molar-refractivity contribution in [3.8, 4) is 5.75 Å². The van der Waals surface area contributed by atoms with E-state index in [9.17, 15) is 15.0 Å². The fraction of sp³-hybridized carbons (Fsp3) is 0.364. The Hall–Kier alpha value is -1.24. The third kappa shape index (κ3) is 2.54. The van der Waals surface area contributed by atoms with Gasteiger partial charge in [-0.15, -0.1) is 0 Å². The predicted octanol–water partition coefficient (Wildman–Crippen LogP) is 0.342. The number of nitrogens with one attached hydrogen (secondary N) is 1. The molecule has 0 saturated carbocycles. The minimum atomic E-state index is -1.01. The summed E-state index contributed by atoms with van der Waals surface area (Å²) in [6, 6.07) is 4.87. The smallest absolute Gasteiger partial charge is 0.262 e. The molecule has 0 fully saturated rings. The molecule has 1 aliphatic rings. The molecule has 0 saturated heterocycles. The number of hydrogen-bond donors (Lipinski definition) is 4. The van der Waals surface area contributed by atoms with Gasteiger partial charge in [0.05, 0.1) is 11.8 Å². The first-order valence-electron chi connectivity index (χ1n) is 5.15. The van der Waals surface area contributed by atoms with E-state index in [1.165, 1.54) is 0 Å². The summed E-state index contributed by atoms with van der Waals surface area (Å²) < 4.78 is 5.22. The first kappa shape index (κ1) is 12.2. The Morgan fingerprint density at radius 1 is 1.47 bits per heavy atom. The molecule has 5 nitrogen and oxygen atoms in total. The van der Waals surface area contributed by atoms with Gasteiger partial charge in [-0.1, -0.05) is 6.07 Å². The number of ether oxygens (including phenoxy) is 1. The summed E-state index contributed by atoms with van der Waals surface area (Å²) in [5.41, 5.74) is 1.10. The Balaban J connectivity index is 2.24. The predicted molar refractivity (Wildman–Crippen MR) is 65.4 cm³/mol. The number of thiol groups is 1. The average Bonchev–Trinajstić information content (AvgIpc) is 2.36. The summed E-state index contributed by atoms with van der Waals surface area (Å²) in [6.45, 7) is -0.0400. The van der Waals surface area contributed by atoms with E-state index >= 15 is 0 Å². The molecule has 2 atom stereocenters. The van der Waals surface area contributed by atoms with Crippen molar-refractivity contribution >= 4 is 24.2 Å². The molecule has 0 aliphatic carbocycles. The number of aliphatic hydroxyl groups is 2. The molecule has 3 N–H and O–H groups in total. The van der Waals surface area contributed by atoms with Crippen molar-refractivity contribution in [3.63, 3.8) is 0 Å². The topological polar surface area (TPSA) is 78.8 Å². The summed E-state index contributed by atoms with van der Waals surface area (Å²) in [5, 5.41) is 21.9. The number of rotatable bonds is 3. The number of fused-ring (bicyclic) bond motifs is 1. The maximum Gasteiger partial charge on any atom is 0.262 e. The molecular weight excluding hydrogens is 242 g/mol. The van der Waals surface area contributed by atoms with Crippen molar-refractivity contribution in [1.29, 1.82) is 0 Å². The summed E-state index contributed by atoms with van der Waals surface area (Å²) in [6.07, 6.45) is -1.95. The number of hydrogen-bond acceptors (Lipinski definition) is 5. The first-order valence-corrected chi connectivity index (χ1v) is 5.78. The van der Waals surface area contributed by atoms with Crippen LogP contribution in [0.5, 0.6) is 5.75 Å². The normalized spacial score (nSPS) is 17.7. The monoisotopic (exact) mass is 255 g/mol. The molecule has 0 radical (unpaired) electrons. The van der Waals surface area contributed by atoms with Crippen LogP contribution in [0.15, 0.2) is 18.2 Å². The van der Waals surface area contributed by atoms with Gasteiger partial charge in [-0.05, 0) is 17.7 Å². The Kier molecular flexibility index (Phi) is 3.56. The Labute approximate surface area is 104 Å². The molecule has 1 aliphatic heterocycles. The molecule has 1 heterocycles. The number of benzene rings is 1. The molecule has 1 aromatic rings. The lowest BCUT2D eigenvalue weighted by Crippen LogP contribution is -2.26. The van der Waals surface area contributed by atoms with Gasteiger partial charge in [0.1, 0.15) is 11.9 Å². The van der Waals surface area contributed by atoms with Crippen molar-refractivity contribution in [2.75, 3.05) is 17.7 Å². The van der Waals surface area contributed by atoms with Crippen LogP contribution >= 0.6 is 12.6 Å². The average molecular weight is 255 g/mol. The second kappa shape index (κ2) is 4.95. The van der Waals surface area contributed by atoms with E-state index in [1.807, 2.05) is 0 Å². The highest BCUT2D eigenvalue weighted by atomic mass is 32.1. The molecule has 1 amide bonds. The summed E-state index contributed by atoms with van der Waals surface area (Å²) in [5.74, 6) is 0.448. The SMILES string of the molecule is O=C1COc2cc(C(O)C(O)CS)ccc2N1. The Morgan fingerprint density at radius 2 is 2.24 bits per heavy atom. The highest BCUT2D eigenvalue weighted by Crippen LogP contribution is 2.31. The van der Waals surface area contributed by atoms with Gasteiger partial charge in [0.15, 0.2) is 6.61 Å². The second-order valence-corrected chi connectivity index (χ2v) is 4.15. The van der Waals surface area contributed by atoms with Crippen LogP contribution in [-0.4, -0.2) is 34.6 Å². The van der Waals surface area contributed by atoms with Gasteiger partial charge in [0, 0.05) is 5.75 Å². The largest absolute Gasteiger partial charge is 0.482 e. The molecule has 6 heteroatoms. The van der Waals surface area contributed by atoms with E-state index in [0.29, 0.717) is 17.0 Å². The number of carbonyl (C=O) groups excluding carboxylic acids is 1. The van der Waals surface area contributed by atoms with Crippen molar-refractivity contribution in [1.82, 2.24) is 0 Å². The molecule has 2 rings (SSSR count). The number of anilines is 1. The molecule has 17 heavy (non-hydrogen) atoms. The van der Waals surface area contributed by atoms with Crippen LogP contribution in [0, 0.1) is 0 Å². The highest BCUT2D eigenvalue weighted by Gasteiger charge is 2.21. The lowest BCUT2D eigenvalue weighted by Gasteiger charge is -2.21. The standard InChI is InChI=1S/C11H13NO4S/c13-8(5-17)11(15)6-1-2-7-9(3-6)16-4-10(14)12-7/h1-3,8,11,13,15,17H,4-5H2,(H,12,14). The van der Waals surface area contributed by atoms with E-state index in [2.05, 4.69) is 17.9 Å². The number of amides is 1. The lowest BCUT2D eigenvalue weighted by atomic mass is 10.0. The summed E-state index contributed by atoms with van der Waals surface area (Å²) in [4.78, 5) is 11.1. The van der Waals surface area contributed by atoms with Gasteiger partial charge >= 0.3 is 0 Å². The molecule has 2 unspecified atom stereocenters. The van der Waals surface area contributed by atoms with Gasteiger partial charge in [0.25, 0.3) is 5.91 Å². The van der Waals surface area contributed by atoms with Crippen LogP contribution in [0.2, 0.25) is 0 Å². The van der Waals surface area contributed by atoms with E-state index in [4.69, 9.17) is 4.74 Å². The Morgan fingerprint density at radius 3 is 2.94 bits per heavy atom. The molecular formula is C11H13NO4S. The van der Waals surface area contributed by atoms with Crippen LogP contribution in [0.1, 0.15) is 11.7 Å². The summed E-state index contributed by atoms with van der Waals surface area (Å²) >= 11 is 3.92. The quantitative estimate of drug-likeness (QED) is 0.587. The van der Waals surface area contributed by atoms with Crippen molar-refractivity contribution in [2.45, 2.75) is 12.2 Å². The van der Waals surface area contributed by atoms with E-state index in [0.717, 1.165) is 0 Å². The minimum Gasteiger partial charge on any atom is -0.482 e. The minimum absolute atomic E-state index is 0.0400. The van der Waals surface area contributed by atoms with Gasteiger partial charge in [-0.25, -0.2) is 0 Å². The maximum atomic E-state index is 11.1. The molecule has 1 aromatic carbocycles. The number of aliphatic hydroxyl groups excluding tert-OH is 2. The van der Waals surface area contributed by atoms with E-state index in [-0.39, 0.29) is 18.3 Å². The van der Waals surface area contributed by atoms with Gasteiger partial charge in [0.2, 0.25) is 0 Å². The third-order valence-corrected chi connectivity index (χ3v) is 2.91. The third-order valence-electron chi connectivity index (χ3n) is 2.53. The zero-order valence-electron chi connectivity index (χ0n) is 8.96. The molecule has 0 bridgehead atoms. The molecule has 92 valence electrons. The first-order chi connectivity index (χ1) is 8.11. The fourth-order valence-electron chi connectivity index (χ4n) is 1.60. The van der Waals surface area contributed by atoms with Gasteiger partial charge in [-0.3, -0.25) is 4.79 Å². The van der Waals surface area contributed by atoms with Crippen molar-refractivity contribution < 1.29 is 19.7 Å².